The van der Waals surface area contributed by atoms with Crippen molar-refractivity contribution < 1.29 is 25.2 Å². The SMILES string of the molecule is CC(C)(O)c1cc(C(=O)O)c(O)cc1O. The third kappa shape index (κ3) is 2.19. The first-order valence-corrected chi connectivity index (χ1v) is 4.25. The van der Waals surface area contributed by atoms with Crippen LogP contribution in [-0.4, -0.2) is 26.4 Å². The number of aromatic carboxylic acids is 1. The van der Waals surface area contributed by atoms with Gasteiger partial charge in [0.25, 0.3) is 0 Å². The topological polar surface area (TPSA) is 98.0 Å². The third-order valence-electron chi connectivity index (χ3n) is 2.00. The molecular formula is C10H12O5. The molecule has 0 aliphatic carbocycles. The van der Waals surface area contributed by atoms with Gasteiger partial charge in [0.15, 0.2) is 0 Å². The van der Waals surface area contributed by atoms with Gasteiger partial charge in [-0.05, 0) is 19.9 Å². The van der Waals surface area contributed by atoms with E-state index in [0.29, 0.717) is 0 Å². The van der Waals surface area contributed by atoms with Gasteiger partial charge in [-0.25, -0.2) is 4.79 Å². The number of hydrogen-bond acceptors (Lipinski definition) is 4. The largest absolute Gasteiger partial charge is 0.507 e. The van der Waals surface area contributed by atoms with Crippen molar-refractivity contribution in [2.24, 2.45) is 0 Å². The molecule has 1 rings (SSSR count). The number of phenolic OH excluding ortho intramolecular Hbond substituents is 1. The number of aliphatic hydroxyl groups is 1. The zero-order chi connectivity index (χ0) is 11.8. The van der Waals surface area contributed by atoms with Crippen LogP contribution in [0.5, 0.6) is 11.5 Å². The van der Waals surface area contributed by atoms with E-state index in [4.69, 9.17) is 5.11 Å². The molecule has 0 heterocycles. The van der Waals surface area contributed by atoms with Gasteiger partial charge in [0.05, 0.1) is 5.60 Å². The summed E-state index contributed by atoms with van der Waals surface area (Å²) in [6.45, 7) is 2.81. The molecule has 0 saturated carbocycles. The Bertz CT molecular complexity index is 403. The second-order valence-corrected chi connectivity index (χ2v) is 3.75. The number of carboxylic acids is 1. The first kappa shape index (κ1) is 11.3. The second-order valence-electron chi connectivity index (χ2n) is 3.75. The van der Waals surface area contributed by atoms with E-state index in [-0.39, 0.29) is 16.9 Å². The Morgan fingerprint density at radius 3 is 2.13 bits per heavy atom. The van der Waals surface area contributed by atoms with Crippen molar-refractivity contribution in [1.29, 1.82) is 0 Å². The number of aromatic hydroxyl groups is 2. The van der Waals surface area contributed by atoms with Crippen molar-refractivity contribution in [1.82, 2.24) is 0 Å². The number of rotatable bonds is 2. The summed E-state index contributed by atoms with van der Waals surface area (Å²) in [5.74, 6) is -2.20. The van der Waals surface area contributed by atoms with Crippen molar-refractivity contribution in [3.05, 3.63) is 23.3 Å². The van der Waals surface area contributed by atoms with Gasteiger partial charge in [-0.3, -0.25) is 0 Å². The summed E-state index contributed by atoms with van der Waals surface area (Å²) < 4.78 is 0. The van der Waals surface area contributed by atoms with E-state index in [0.717, 1.165) is 12.1 Å². The summed E-state index contributed by atoms with van der Waals surface area (Å²) in [7, 11) is 0. The molecular weight excluding hydrogens is 200 g/mol. The lowest BCUT2D eigenvalue weighted by Crippen LogP contribution is -2.16. The molecule has 5 nitrogen and oxygen atoms in total. The van der Waals surface area contributed by atoms with E-state index in [2.05, 4.69) is 0 Å². The maximum Gasteiger partial charge on any atom is 0.339 e. The first-order valence-electron chi connectivity index (χ1n) is 4.25. The molecule has 0 aromatic heterocycles. The summed E-state index contributed by atoms with van der Waals surface area (Å²) in [4.78, 5) is 10.7. The standard InChI is InChI=1S/C10H12O5/c1-10(2,15)6-3-5(9(13)14)7(11)4-8(6)12/h3-4,11-12,15H,1-2H3,(H,13,14). The van der Waals surface area contributed by atoms with E-state index in [9.17, 15) is 20.1 Å². The Balaban J connectivity index is 3.43. The number of carboxylic acid groups (broad SMARTS) is 1. The molecule has 0 amide bonds. The highest BCUT2D eigenvalue weighted by atomic mass is 16.4. The summed E-state index contributed by atoms with van der Waals surface area (Å²) in [6, 6.07) is 1.95. The lowest BCUT2D eigenvalue weighted by atomic mass is 9.95. The maximum atomic E-state index is 10.7. The summed E-state index contributed by atoms with van der Waals surface area (Å²) in [5.41, 5.74) is -1.68. The Morgan fingerprint density at radius 2 is 1.73 bits per heavy atom. The Hall–Kier alpha value is -1.75. The molecule has 1 aromatic carbocycles. The van der Waals surface area contributed by atoms with Crippen LogP contribution in [0.3, 0.4) is 0 Å². The van der Waals surface area contributed by atoms with Crippen LogP contribution >= 0.6 is 0 Å². The number of hydrogen-bond donors (Lipinski definition) is 4. The van der Waals surface area contributed by atoms with E-state index in [1.54, 1.807) is 0 Å². The molecule has 0 aliphatic heterocycles. The predicted molar refractivity (Wildman–Crippen MR) is 52.0 cm³/mol. The Morgan fingerprint density at radius 1 is 1.20 bits per heavy atom. The van der Waals surface area contributed by atoms with Gasteiger partial charge in [-0.15, -0.1) is 0 Å². The van der Waals surface area contributed by atoms with Crippen LogP contribution in [0.1, 0.15) is 29.8 Å². The van der Waals surface area contributed by atoms with E-state index >= 15 is 0 Å². The number of benzene rings is 1. The normalized spacial score (nSPS) is 11.4. The molecule has 0 aliphatic rings. The van der Waals surface area contributed by atoms with E-state index in [1.165, 1.54) is 13.8 Å². The van der Waals surface area contributed by atoms with Gasteiger partial charge >= 0.3 is 5.97 Å². The number of carbonyl (C=O) groups is 1. The van der Waals surface area contributed by atoms with E-state index in [1.807, 2.05) is 0 Å². The summed E-state index contributed by atoms with van der Waals surface area (Å²) >= 11 is 0. The zero-order valence-corrected chi connectivity index (χ0v) is 8.35. The van der Waals surface area contributed by atoms with Crippen LogP contribution in [0.4, 0.5) is 0 Å². The monoisotopic (exact) mass is 212 g/mol. The summed E-state index contributed by atoms with van der Waals surface area (Å²) in [5, 5.41) is 37.0. The molecule has 5 heteroatoms. The van der Waals surface area contributed by atoms with Gasteiger partial charge in [0.1, 0.15) is 17.1 Å². The lowest BCUT2D eigenvalue weighted by molar-refractivity contribution is 0.0687. The fourth-order valence-corrected chi connectivity index (χ4v) is 1.24. The molecule has 0 radical (unpaired) electrons. The second kappa shape index (κ2) is 3.43. The van der Waals surface area contributed by atoms with Crippen molar-refractivity contribution in [3.8, 4) is 11.5 Å². The average Bonchev–Trinajstić information content (AvgIpc) is 2.00. The molecule has 1 aromatic rings. The van der Waals surface area contributed by atoms with Crippen LogP contribution in [0, 0.1) is 0 Å². The minimum absolute atomic E-state index is 0.0534. The first-order chi connectivity index (χ1) is 6.73. The van der Waals surface area contributed by atoms with Crippen molar-refractivity contribution in [2.75, 3.05) is 0 Å². The van der Waals surface area contributed by atoms with Crippen LogP contribution in [0.25, 0.3) is 0 Å². The van der Waals surface area contributed by atoms with Crippen LogP contribution < -0.4 is 0 Å². The van der Waals surface area contributed by atoms with Gasteiger partial charge < -0.3 is 20.4 Å². The highest BCUT2D eigenvalue weighted by molar-refractivity contribution is 5.91. The quantitative estimate of drug-likeness (QED) is 0.586. The molecule has 15 heavy (non-hydrogen) atoms. The minimum atomic E-state index is -1.37. The number of phenols is 2. The van der Waals surface area contributed by atoms with Gasteiger partial charge in [-0.1, -0.05) is 0 Å². The molecule has 4 N–H and O–H groups in total. The van der Waals surface area contributed by atoms with E-state index < -0.39 is 17.3 Å². The van der Waals surface area contributed by atoms with Crippen molar-refractivity contribution >= 4 is 5.97 Å². The fraction of sp³-hybridized carbons (Fsp3) is 0.300. The molecule has 0 spiro atoms. The van der Waals surface area contributed by atoms with Crippen molar-refractivity contribution in [3.63, 3.8) is 0 Å². The highest BCUT2D eigenvalue weighted by Crippen LogP contribution is 2.34. The summed E-state index contributed by atoms with van der Waals surface area (Å²) in [6.07, 6.45) is 0. The lowest BCUT2D eigenvalue weighted by Gasteiger charge is -2.19. The highest BCUT2D eigenvalue weighted by Gasteiger charge is 2.24. The molecule has 0 bridgehead atoms. The third-order valence-corrected chi connectivity index (χ3v) is 2.00. The zero-order valence-electron chi connectivity index (χ0n) is 8.35. The van der Waals surface area contributed by atoms with Gasteiger partial charge in [-0.2, -0.15) is 0 Å². The van der Waals surface area contributed by atoms with Gasteiger partial charge in [0.2, 0.25) is 0 Å². The Kier molecular flexibility index (Phi) is 2.59. The molecule has 82 valence electrons. The van der Waals surface area contributed by atoms with Crippen LogP contribution in [0.15, 0.2) is 12.1 Å². The molecule has 0 saturated heterocycles. The molecule has 0 fully saturated rings. The van der Waals surface area contributed by atoms with Gasteiger partial charge in [0, 0.05) is 11.6 Å². The minimum Gasteiger partial charge on any atom is -0.507 e. The van der Waals surface area contributed by atoms with Crippen molar-refractivity contribution in [2.45, 2.75) is 19.4 Å². The van der Waals surface area contributed by atoms with Crippen LogP contribution in [-0.2, 0) is 5.60 Å². The Labute approximate surface area is 86.2 Å². The van der Waals surface area contributed by atoms with Crippen LogP contribution in [0.2, 0.25) is 0 Å². The predicted octanol–water partition coefficient (Wildman–Crippen LogP) is 1.02. The smallest absolute Gasteiger partial charge is 0.339 e. The molecule has 0 atom stereocenters. The fourth-order valence-electron chi connectivity index (χ4n) is 1.24. The average molecular weight is 212 g/mol. The maximum absolute atomic E-state index is 10.7. The molecule has 0 unspecified atom stereocenters.